The van der Waals surface area contributed by atoms with Gasteiger partial charge in [-0.2, -0.15) is 0 Å². The van der Waals surface area contributed by atoms with Crippen LogP contribution in [0.3, 0.4) is 0 Å². The lowest BCUT2D eigenvalue weighted by Crippen LogP contribution is -2.45. The van der Waals surface area contributed by atoms with Gasteiger partial charge in [0.2, 0.25) is 11.8 Å². The molecule has 0 aliphatic heterocycles. The van der Waals surface area contributed by atoms with Gasteiger partial charge in [0.25, 0.3) is 0 Å². The summed E-state index contributed by atoms with van der Waals surface area (Å²) in [5, 5.41) is 5.75. The van der Waals surface area contributed by atoms with E-state index in [4.69, 9.17) is 4.74 Å². The summed E-state index contributed by atoms with van der Waals surface area (Å²) >= 11 is 0. The summed E-state index contributed by atoms with van der Waals surface area (Å²) in [6.45, 7) is 7.67. The molecule has 0 aliphatic rings. The predicted octanol–water partition coefficient (Wildman–Crippen LogP) is 4.10. The number of methoxy groups -OCH3 is 1. The van der Waals surface area contributed by atoms with Crippen molar-refractivity contribution in [1.82, 2.24) is 5.32 Å². The van der Waals surface area contributed by atoms with Gasteiger partial charge in [-0.3, -0.25) is 9.59 Å². The second-order valence-electron chi connectivity index (χ2n) is 7.32. The molecule has 5 heteroatoms. The number of hydrogen-bond donors (Lipinski definition) is 2. The lowest BCUT2D eigenvalue weighted by atomic mass is 9.90. The SMILES string of the molecule is COc1ccccc1CNC(=O)C(C)(C)C(=O)Nc1ccccc1C(C)C. The molecule has 0 heterocycles. The highest BCUT2D eigenvalue weighted by atomic mass is 16.5. The van der Waals surface area contributed by atoms with Crippen molar-refractivity contribution < 1.29 is 14.3 Å². The molecule has 2 aromatic carbocycles. The van der Waals surface area contributed by atoms with E-state index in [0.29, 0.717) is 12.3 Å². The number of amides is 2. The van der Waals surface area contributed by atoms with Gasteiger partial charge in [0.05, 0.1) is 7.11 Å². The first-order valence-electron chi connectivity index (χ1n) is 9.08. The Morgan fingerprint density at radius 1 is 1.00 bits per heavy atom. The smallest absolute Gasteiger partial charge is 0.239 e. The van der Waals surface area contributed by atoms with Crippen molar-refractivity contribution in [3.8, 4) is 5.75 Å². The topological polar surface area (TPSA) is 67.4 Å². The van der Waals surface area contributed by atoms with Gasteiger partial charge < -0.3 is 15.4 Å². The molecule has 2 aromatic rings. The molecule has 0 spiro atoms. The number of nitrogens with one attached hydrogen (secondary N) is 2. The van der Waals surface area contributed by atoms with E-state index in [9.17, 15) is 9.59 Å². The average Bonchev–Trinajstić information content (AvgIpc) is 2.66. The summed E-state index contributed by atoms with van der Waals surface area (Å²) in [6, 6.07) is 15.1. The molecule has 0 radical (unpaired) electrons. The second-order valence-corrected chi connectivity index (χ2v) is 7.32. The van der Waals surface area contributed by atoms with Crippen LogP contribution in [0.2, 0.25) is 0 Å². The molecule has 144 valence electrons. The van der Waals surface area contributed by atoms with E-state index in [2.05, 4.69) is 24.5 Å². The minimum Gasteiger partial charge on any atom is -0.496 e. The fourth-order valence-electron chi connectivity index (χ4n) is 2.74. The average molecular weight is 368 g/mol. The van der Waals surface area contributed by atoms with Gasteiger partial charge in [-0.05, 0) is 37.5 Å². The largest absolute Gasteiger partial charge is 0.496 e. The van der Waals surface area contributed by atoms with Gasteiger partial charge in [0.1, 0.15) is 11.2 Å². The first-order valence-corrected chi connectivity index (χ1v) is 9.08. The van der Waals surface area contributed by atoms with Crippen molar-refractivity contribution in [2.75, 3.05) is 12.4 Å². The normalized spacial score (nSPS) is 11.2. The molecule has 0 bridgehead atoms. The maximum absolute atomic E-state index is 12.8. The van der Waals surface area contributed by atoms with Gasteiger partial charge in [-0.25, -0.2) is 0 Å². The highest BCUT2D eigenvalue weighted by molar-refractivity contribution is 6.10. The number of carbonyl (C=O) groups excluding carboxylic acids is 2. The number of ether oxygens (including phenoxy) is 1. The van der Waals surface area contributed by atoms with Crippen LogP contribution in [0.15, 0.2) is 48.5 Å². The lowest BCUT2D eigenvalue weighted by molar-refractivity contribution is -0.138. The summed E-state index contributed by atoms with van der Waals surface area (Å²) in [4.78, 5) is 25.5. The lowest BCUT2D eigenvalue weighted by Gasteiger charge is -2.24. The van der Waals surface area contributed by atoms with Gasteiger partial charge in [0, 0.05) is 17.8 Å². The molecule has 0 aliphatic carbocycles. The van der Waals surface area contributed by atoms with Crippen molar-refractivity contribution in [2.45, 2.75) is 40.2 Å². The van der Waals surface area contributed by atoms with Crippen LogP contribution in [0.4, 0.5) is 5.69 Å². The van der Waals surface area contributed by atoms with E-state index in [0.717, 1.165) is 16.8 Å². The molecule has 2 amide bonds. The minimum atomic E-state index is -1.22. The summed E-state index contributed by atoms with van der Waals surface area (Å²) in [7, 11) is 1.59. The van der Waals surface area contributed by atoms with Crippen LogP contribution in [0, 0.1) is 5.41 Å². The van der Waals surface area contributed by atoms with Gasteiger partial charge in [0.15, 0.2) is 0 Å². The quantitative estimate of drug-likeness (QED) is 0.723. The Hall–Kier alpha value is -2.82. The van der Waals surface area contributed by atoms with Crippen molar-refractivity contribution in [3.63, 3.8) is 0 Å². The highest BCUT2D eigenvalue weighted by Crippen LogP contribution is 2.26. The van der Waals surface area contributed by atoms with Crippen LogP contribution in [0.1, 0.15) is 44.7 Å². The monoisotopic (exact) mass is 368 g/mol. The molecule has 0 aromatic heterocycles. The third kappa shape index (κ3) is 4.88. The zero-order valence-corrected chi connectivity index (χ0v) is 16.6. The third-order valence-corrected chi connectivity index (χ3v) is 4.60. The van der Waals surface area contributed by atoms with Crippen molar-refractivity contribution in [3.05, 3.63) is 59.7 Å². The van der Waals surface area contributed by atoms with Crippen LogP contribution >= 0.6 is 0 Å². The zero-order valence-electron chi connectivity index (χ0n) is 16.6. The summed E-state index contributed by atoms with van der Waals surface area (Å²) in [5.41, 5.74) is 1.42. The number of hydrogen-bond acceptors (Lipinski definition) is 3. The molecule has 27 heavy (non-hydrogen) atoms. The van der Waals surface area contributed by atoms with Gasteiger partial charge in [-0.15, -0.1) is 0 Å². The highest BCUT2D eigenvalue weighted by Gasteiger charge is 2.36. The standard InChI is InChI=1S/C22H28N2O3/c1-15(2)17-11-7-8-12-18(17)24-21(26)22(3,4)20(25)23-14-16-10-6-9-13-19(16)27-5/h6-13,15H,14H2,1-5H3,(H,23,25)(H,24,26). The molecule has 0 atom stereocenters. The Labute approximate surface area is 161 Å². The Morgan fingerprint density at radius 3 is 2.30 bits per heavy atom. The summed E-state index contributed by atoms with van der Waals surface area (Å²) in [6.07, 6.45) is 0. The zero-order chi connectivity index (χ0) is 20.0. The Morgan fingerprint density at radius 2 is 1.63 bits per heavy atom. The van der Waals surface area contributed by atoms with Crippen LogP contribution in [0.25, 0.3) is 0 Å². The van der Waals surface area contributed by atoms with Crippen molar-refractivity contribution in [2.24, 2.45) is 5.41 Å². The number of rotatable bonds is 7. The second kappa shape index (κ2) is 8.71. The summed E-state index contributed by atoms with van der Waals surface area (Å²) < 4.78 is 5.29. The number of para-hydroxylation sites is 2. The molecule has 2 rings (SSSR count). The van der Waals surface area contributed by atoms with Gasteiger partial charge >= 0.3 is 0 Å². The molecule has 0 unspecified atom stereocenters. The maximum atomic E-state index is 12.8. The third-order valence-electron chi connectivity index (χ3n) is 4.60. The fourth-order valence-corrected chi connectivity index (χ4v) is 2.74. The Balaban J connectivity index is 2.08. The minimum absolute atomic E-state index is 0.268. The maximum Gasteiger partial charge on any atom is 0.239 e. The van der Waals surface area contributed by atoms with E-state index < -0.39 is 5.41 Å². The number of anilines is 1. The van der Waals surface area contributed by atoms with Crippen molar-refractivity contribution in [1.29, 1.82) is 0 Å². The molecule has 0 fully saturated rings. The number of carbonyl (C=O) groups is 2. The van der Waals surface area contributed by atoms with Crippen molar-refractivity contribution >= 4 is 17.5 Å². The first-order chi connectivity index (χ1) is 12.8. The molecular formula is C22H28N2O3. The van der Waals surface area contributed by atoms with Crippen LogP contribution < -0.4 is 15.4 Å². The van der Waals surface area contributed by atoms with E-state index >= 15 is 0 Å². The molecule has 2 N–H and O–H groups in total. The van der Waals surface area contributed by atoms with Crippen LogP contribution in [0.5, 0.6) is 5.75 Å². The molecule has 5 nitrogen and oxygen atoms in total. The van der Waals surface area contributed by atoms with E-state index in [-0.39, 0.29) is 17.7 Å². The van der Waals surface area contributed by atoms with E-state index in [1.807, 2.05) is 48.5 Å². The molecule has 0 saturated heterocycles. The van der Waals surface area contributed by atoms with E-state index in [1.54, 1.807) is 21.0 Å². The molecular weight excluding hydrogens is 340 g/mol. The Kier molecular flexibility index (Phi) is 6.61. The van der Waals surface area contributed by atoms with Crippen LogP contribution in [-0.2, 0) is 16.1 Å². The van der Waals surface area contributed by atoms with Gasteiger partial charge in [-0.1, -0.05) is 50.2 Å². The first kappa shape index (κ1) is 20.5. The Bertz CT molecular complexity index is 813. The fraction of sp³-hybridized carbons (Fsp3) is 0.364. The summed E-state index contributed by atoms with van der Waals surface area (Å²) in [5.74, 6) is 0.288. The van der Waals surface area contributed by atoms with Crippen LogP contribution in [-0.4, -0.2) is 18.9 Å². The molecule has 0 saturated carbocycles. The number of benzene rings is 2. The van der Waals surface area contributed by atoms with E-state index in [1.165, 1.54) is 0 Å². The predicted molar refractivity (Wildman–Crippen MR) is 108 cm³/mol.